The van der Waals surface area contributed by atoms with Gasteiger partial charge in [0.25, 0.3) is 0 Å². The van der Waals surface area contributed by atoms with E-state index in [0.717, 1.165) is 30.4 Å². The third kappa shape index (κ3) is 5.36. The topological polar surface area (TPSA) is 97.3 Å². The second-order valence-electron chi connectivity index (χ2n) is 8.09. The fourth-order valence-corrected chi connectivity index (χ4v) is 4.84. The van der Waals surface area contributed by atoms with Gasteiger partial charge in [0, 0.05) is 49.5 Å². The van der Waals surface area contributed by atoms with Crippen molar-refractivity contribution in [2.24, 2.45) is 0 Å². The zero-order chi connectivity index (χ0) is 22.9. The van der Waals surface area contributed by atoms with Gasteiger partial charge in [0.2, 0.25) is 10.0 Å². The maximum atomic E-state index is 13.1. The molecule has 2 aromatic rings. The molecule has 0 spiro atoms. The van der Waals surface area contributed by atoms with E-state index < -0.39 is 21.8 Å². The molecule has 2 saturated heterocycles. The van der Waals surface area contributed by atoms with E-state index in [2.05, 4.69) is 15.3 Å². The second kappa shape index (κ2) is 8.91. The second-order valence-corrected chi connectivity index (χ2v) is 10.1. The fourth-order valence-electron chi connectivity index (χ4n) is 3.97. The highest BCUT2D eigenvalue weighted by atomic mass is 32.2. The molecule has 1 N–H and O–H groups in total. The molecule has 0 aliphatic carbocycles. The molecule has 32 heavy (non-hydrogen) atoms. The van der Waals surface area contributed by atoms with E-state index in [4.69, 9.17) is 9.72 Å². The summed E-state index contributed by atoms with van der Waals surface area (Å²) in [5, 5.41) is 2.88. The smallest absolute Gasteiger partial charge is 0.381 e. The van der Waals surface area contributed by atoms with Gasteiger partial charge in [0.1, 0.15) is 17.5 Å². The van der Waals surface area contributed by atoms with Crippen LogP contribution in [0.3, 0.4) is 0 Å². The maximum absolute atomic E-state index is 13.1. The maximum Gasteiger partial charge on any atom is 0.416 e. The summed E-state index contributed by atoms with van der Waals surface area (Å²) in [5.41, 5.74) is -0.0635. The molecule has 0 aromatic carbocycles. The number of anilines is 2. The first kappa shape index (κ1) is 22.9. The molecule has 0 bridgehead atoms. The van der Waals surface area contributed by atoms with E-state index in [-0.39, 0.29) is 17.7 Å². The summed E-state index contributed by atoms with van der Waals surface area (Å²) < 4.78 is 69.7. The van der Waals surface area contributed by atoms with Crippen molar-refractivity contribution >= 4 is 21.7 Å². The Bertz CT molecular complexity index is 1070. The number of hydrogen-bond donors (Lipinski definition) is 1. The van der Waals surface area contributed by atoms with E-state index in [1.807, 2.05) is 0 Å². The number of alkyl halides is 3. The minimum absolute atomic E-state index is 0.000997. The molecule has 8 nitrogen and oxygen atoms in total. The monoisotopic (exact) mass is 471 g/mol. The van der Waals surface area contributed by atoms with Crippen LogP contribution in [0.2, 0.25) is 0 Å². The molecule has 4 rings (SSSR count). The van der Waals surface area contributed by atoms with Crippen molar-refractivity contribution < 1.29 is 26.3 Å². The summed E-state index contributed by atoms with van der Waals surface area (Å²) in [7, 11) is -3.25. The Kier molecular flexibility index (Phi) is 6.37. The third-order valence-electron chi connectivity index (χ3n) is 5.74. The number of sulfonamides is 1. The molecule has 4 heterocycles. The van der Waals surface area contributed by atoms with E-state index in [1.165, 1.54) is 10.6 Å². The van der Waals surface area contributed by atoms with Crippen LogP contribution < -0.4 is 5.32 Å². The van der Waals surface area contributed by atoms with Crippen LogP contribution in [0.1, 0.15) is 48.2 Å². The van der Waals surface area contributed by atoms with Crippen molar-refractivity contribution in [3.05, 3.63) is 41.5 Å². The Morgan fingerprint density at radius 1 is 1.09 bits per heavy atom. The van der Waals surface area contributed by atoms with Crippen LogP contribution in [0.25, 0.3) is 0 Å². The van der Waals surface area contributed by atoms with Gasteiger partial charge in [-0.25, -0.2) is 27.7 Å². The fraction of sp³-hybridized carbons (Fsp3) is 0.550. The lowest BCUT2D eigenvalue weighted by atomic mass is 9.94. The molecule has 1 atom stereocenters. The molecule has 174 valence electrons. The molecule has 1 unspecified atom stereocenters. The molecule has 2 fully saturated rings. The quantitative estimate of drug-likeness (QED) is 0.715. The van der Waals surface area contributed by atoms with Crippen molar-refractivity contribution in [2.75, 3.05) is 37.9 Å². The predicted molar refractivity (Wildman–Crippen MR) is 111 cm³/mol. The summed E-state index contributed by atoms with van der Waals surface area (Å²) in [5.74, 6) is 0.979. The number of piperidine rings is 1. The third-order valence-corrected chi connectivity index (χ3v) is 7.05. The highest BCUT2D eigenvalue weighted by Gasteiger charge is 2.31. The van der Waals surface area contributed by atoms with Gasteiger partial charge in [-0.2, -0.15) is 13.2 Å². The average Bonchev–Trinajstić information content (AvgIpc) is 3.28. The number of hydrogen-bond acceptors (Lipinski definition) is 7. The van der Waals surface area contributed by atoms with Crippen molar-refractivity contribution in [3.63, 3.8) is 0 Å². The first-order valence-corrected chi connectivity index (χ1v) is 12.2. The molecule has 2 aliphatic rings. The number of nitrogens with zero attached hydrogens (tertiary/aromatic N) is 4. The first-order valence-electron chi connectivity index (χ1n) is 10.3. The predicted octanol–water partition coefficient (Wildman–Crippen LogP) is 3.28. The summed E-state index contributed by atoms with van der Waals surface area (Å²) in [6.07, 6.45) is -0.217. The number of ether oxygens (including phenoxy) is 1. The summed E-state index contributed by atoms with van der Waals surface area (Å²) in [6, 6.07) is 3.56. The Morgan fingerprint density at radius 3 is 2.47 bits per heavy atom. The number of nitrogens with one attached hydrogen (secondary N) is 1. The molecule has 0 saturated carbocycles. The Morgan fingerprint density at radius 2 is 1.84 bits per heavy atom. The number of aromatic nitrogens is 3. The number of rotatable bonds is 5. The highest BCUT2D eigenvalue weighted by molar-refractivity contribution is 7.88. The van der Waals surface area contributed by atoms with Crippen LogP contribution in [-0.2, 0) is 20.9 Å². The normalized spacial score (nSPS) is 21.1. The van der Waals surface area contributed by atoms with Gasteiger partial charge >= 0.3 is 6.18 Å². The molecule has 12 heteroatoms. The van der Waals surface area contributed by atoms with E-state index in [0.29, 0.717) is 50.8 Å². The summed E-state index contributed by atoms with van der Waals surface area (Å²) >= 11 is 0. The van der Waals surface area contributed by atoms with Crippen molar-refractivity contribution in [3.8, 4) is 0 Å². The lowest BCUT2D eigenvalue weighted by Crippen LogP contribution is -2.37. The summed E-state index contributed by atoms with van der Waals surface area (Å²) in [4.78, 5) is 13.2. The van der Waals surface area contributed by atoms with Crippen molar-refractivity contribution in [1.82, 2.24) is 19.3 Å². The van der Waals surface area contributed by atoms with Gasteiger partial charge in [-0.3, -0.25) is 0 Å². The standard InChI is InChI=1S/C20H24F3N5O3S/c1-32(29,30)28-7-3-13(4-8-28)16-11-18(27-19(25-16)14-5-9-31-12-14)26-17-10-15(2-6-24-17)20(21,22)23/h2,6,10-11,13-14H,3-5,7-9,12H2,1H3,(H,24,25,26,27). The Labute approximate surface area is 184 Å². The number of pyridine rings is 1. The largest absolute Gasteiger partial charge is 0.416 e. The number of halogens is 3. The van der Waals surface area contributed by atoms with E-state index >= 15 is 0 Å². The van der Waals surface area contributed by atoms with Crippen molar-refractivity contribution in [1.29, 1.82) is 0 Å². The van der Waals surface area contributed by atoms with Gasteiger partial charge in [-0.1, -0.05) is 0 Å². The first-order chi connectivity index (χ1) is 15.1. The Balaban J connectivity index is 1.61. The lowest BCUT2D eigenvalue weighted by molar-refractivity contribution is -0.137. The van der Waals surface area contributed by atoms with Gasteiger partial charge in [0.05, 0.1) is 18.4 Å². The zero-order valence-electron chi connectivity index (χ0n) is 17.5. The van der Waals surface area contributed by atoms with E-state index in [9.17, 15) is 21.6 Å². The SMILES string of the molecule is CS(=O)(=O)N1CCC(c2cc(Nc3cc(C(F)(F)F)ccn3)nc(C3CCOC3)n2)CC1. The summed E-state index contributed by atoms with van der Waals surface area (Å²) in [6.45, 7) is 1.88. The van der Waals surface area contributed by atoms with Crippen LogP contribution in [0, 0.1) is 0 Å². The van der Waals surface area contributed by atoms with Crippen LogP contribution >= 0.6 is 0 Å². The van der Waals surface area contributed by atoms with E-state index in [1.54, 1.807) is 6.07 Å². The average molecular weight is 472 g/mol. The van der Waals surface area contributed by atoms with Crippen LogP contribution in [0.15, 0.2) is 24.4 Å². The molecular formula is C20H24F3N5O3S. The zero-order valence-corrected chi connectivity index (χ0v) is 18.3. The van der Waals surface area contributed by atoms with Crippen LogP contribution in [0.4, 0.5) is 24.8 Å². The highest BCUT2D eigenvalue weighted by Crippen LogP contribution is 2.33. The van der Waals surface area contributed by atoms with Gasteiger partial charge < -0.3 is 10.1 Å². The van der Waals surface area contributed by atoms with Gasteiger partial charge in [0.15, 0.2) is 0 Å². The van der Waals surface area contributed by atoms with Crippen molar-refractivity contribution in [2.45, 2.75) is 37.3 Å². The van der Waals surface area contributed by atoms with Gasteiger partial charge in [-0.05, 0) is 31.4 Å². The minimum Gasteiger partial charge on any atom is -0.381 e. The van der Waals surface area contributed by atoms with Gasteiger partial charge in [-0.15, -0.1) is 0 Å². The molecule has 2 aromatic heterocycles. The molecule has 2 aliphatic heterocycles. The molecule has 0 amide bonds. The molecule has 0 radical (unpaired) electrons. The van der Waals surface area contributed by atoms with Crippen LogP contribution in [0.5, 0.6) is 0 Å². The Hall–Kier alpha value is -2.31. The molecular weight excluding hydrogens is 447 g/mol. The van der Waals surface area contributed by atoms with Crippen LogP contribution in [-0.4, -0.2) is 60.2 Å². The lowest BCUT2D eigenvalue weighted by Gasteiger charge is -2.30. The minimum atomic E-state index is -4.48.